The van der Waals surface area contributed by atoms with Gasteiger partial charge in [0.15, 0.2) is 11.5 Å². The number of esters is 2. The number of ether oxygens (including phenoxy) is 4. The Bertz CT molecular complexity index is 601. The SMILES string of the molecule is COC(=O)CC1(C(=O)OC)Oc2ccc(C(C)(C)C)cc2O1. The van der Waals surface area contributed by atoms with E-state index in [2.05, 4.69) is 25.5 Å². The fourth-order valence-electron chi connectivity index (χ4n) is 2.16. The van der Waals surface area contributed by atoms with Crippen molar-refractivity contribution >= 4 is 11.9 Å². The van der Waals surface area contributed by atoms with E-state index in [0.29, 0.717) is 11.5 Å². The predicted octanol–water partition coefficient (Wildman–Crippen LogP) is 2.19. The van der Waals surface area contributed by atoms with E-state index < -0.39 is 24.1 Å². The Hall–Kier alpha value is -2.24. The van der Waals surface area contributed by atoms with Crippen LogP contribution in [0.1, 0.15) is 32.8 Å². The summed E-state index contributed by atoms with van der Waals surface area (Å²) in [5.41, 5.74) is 0.936. The molecule has 2 rings (SSSR count). The number of hydrogen-bond donors (Lipinski definition) is 0. The first kappa shape index (κ1) is 16.1. The van der Waals surface area contributed by atoms with E-state index in [9.17, 15) is 9.59 Å². The number of benzene rings is 1. The lowest BCUT2D eigenvalue weighted by Crippen LogP contribution is -2.49. The molecule has 0 radical (unpaired) electrons. The molecule has 1 atom stereocenters. The lowest BCUT2D eigenvalue weighted by molar-refractivity contribution is -0.187. The number of carbonyl (C=O) groups excluding carboxylic acids is 2. The zero-order valence-electron chi connectivity index (χ0n) is 13.4. The summed E-state index contributed by atoms with van der Waals surface area (Å²) in [7, 11) is 2.44. The molecule has 0 aliphatic carbocycles. The van der Waals surface area contributed by atoms with Gasteiger partial charge in [-0.05, 0) is 23.1 Å². The summed E-state index contributed by atoms with van der Waals surface area (Å²) in [5, 5.41) is 0. The average molecular weight is 308 g/mol. The molecule has 0 spiro atoms. The van der Waals surface area contributed by atoms with Crippen LogP contribution < -0.4 is 9.47 Å². The standard InChI is InChI=1S/C16H20O6/c1-15(2,3)10-6-7-11-12(8-10)22-16(21-11,14(18)20-5)9-13(17)19-4/h6-8H,9H2,1-5H3. The van der Waals surface area contributed by atoms with Crippen molar-refractivity contribution in [3.63, 3.8) is 0 Å². The molecule has 6 nitrogen and oxygen atoms in total. The van der Waals surface area contributed by atoms with E-state index in [1.807, 2.05) is 6.07 Å². The second-order valence-corrected chi connectivity index (χ2v) is 6.11. The molecule has 0 bridgehead atoms. The minimum absolute atomic E-state index is 0.0861. The van der Waals surface area contributed by atoms with Gasteiger partial charge in [-0.25, -0.2) is 4.79 Å². The highest BCUT2D eigenvalue weighted by Crippen LogP contribution is 2.43. The van der Waals surface area contributed by atoms with Gasteiger partial charge in [0, 0.05) is 0 Å². The Morgan fingerprint density at radius 1 is 1.09 bits per heavy atom. The Labute approximate surface area is 129 Å². The van der Waals surface area contributed by atoms with Crippen molar-refractivity contribution in [3.05, 3.63) is 23.8 Å². The Morgan fingerprint density at radius 2 is 1.73 bits per heavy atom. The van der Waals surface area contributed by atoms with Crippen molar-refractivity contribution in [2.45, 2.75) is 38.4 Å². The minimum atomic E-state index is -1.83. The molecule has 1 heterocycles. The van der Waals surface area contributed by atoms with Gasteiger partial charge in [0.2, 0.25) is 0 Å². The van der Waals surface area contributed by atoms with E-state index >= 15 is 0 Å². The van der Waals surface area contributed by atoms with E-state index in [-0.39, 0.29) is 5.41 Å². The first-order valence-electron chi connectivity index (χ1n) is 6.89. The molecule has 0 fully saturated rings. The van der Waals surface area contributed by atoms with Gasteiger partial charge in [-0.2, -0.15) is 0 Å². The third-order valence-electron chi connectivity index (χ3n) is 3.46. The molecule has 0 aromatic heterocycles. The maximum Gasteiger partial charge on any atom is 0.393 e. The molecule has 1 unspecified atom stereocenters. The zero-order chi connectivity index (χ0) is 16.5. The van der Waals surface area contributed by atoms with Gasteiger partial charge < -0.3 is 18.9 Å². The monoisotopic (exact) mass is 308 g/mol. The summed E-state index contributed by atoms with van der Waals surface area (Å²) in [6, 6.07) is 5.42. The highest BCUT2D eigenvalue weighted by molar-refractivity contribution is 5.86. The summed E-state index contributed by atoms with van der Waals surface area (Å²) in [6.45, 7) is 6.19. The van der Waals surface area contributed by atoms with Crippen LogP contribution in [0.4, 0.5) is 0 Å². The molecule has 1 aliphatic heterocycles. The molecule has 120 valence electrons. The van der Waals surface area contributed by atoms with Crippen LogP contribution in [-0.4, -0.2) is 31.9 Å². The highest BCUT2D eigenvalue weighted by atomic mass is 16.8. The largest absolute Gasteiger partial charge is 0.469 e. The molecular weight excluding hydrogens is 288 g/mol. The normalized spacial score (nSPS) is 19.7. The second-order valence-electron chi connectivity index (χ2n) is 6.11. The zero-order valence-corrected chi connectivity index (χ0v) is 13.4. The van der Waals surface area contributed by atoms with E-state index in [1.165, 1.54) is 14.2 Å². The quantitative estimate of drug-likeness (QED) is 0.797. The first-order valence-corrected chi connectivity index (χ1v) is 6.89. The van der Waals surface area contributed by atoms with E-state index in [1.54, 1.807) is 12.1 Å². The van der Waals surface area contributed by atoms with Crippen molar-refractivity contribution < 1.29 is 28.5 Å². The van der Waals surface area contributed by atoms with Crippen molar-refractivity contribution in [2.75, 3.05) is 14.2 Å². The Morgan fingerprint density at radius 3 is 2.27 bits per heavy atom. The maximum absolute atomic E-state index is 12.1. The number of hydrogen-bond acceptors (Lipinski definition) is 6. The van der Waals surface area contributed by atoms with Crippen molar-refractivity contribution in [2.24, 2.45) is 0 Å². The summed E-state index contributed by atoms with van der Waals surface area (Å²) in [6.07, 6.45) is -0.393. The van der Waals surface area contributed by atoms with Gasteiger partial charge >= 0.3 is 17.7 Å². The number of methoxy groups -OCH3 is 2. The smallest absolute Gasteiger partial charge is 0.393 e. The van der Waals surface area contributed by atoms with Gasteiger partial charge in [0.1, 0.15) is 6.42 Å². The number of rotatable bonds is 3. The van der Waals surface area contributed by atoms with E-state index in [4.69, 9.17) is 14.2 Å². The number of fused-ring (bicyclic) bond motifs is 1. The van der Waals surface area contributed by atoms with Crippen LogP contribution in [0.3, 0.4) is 0 Å². The maximum atomic E-state index is 12.1. The predicted molar refractivity (Wildman–Crippen MR) is 77.8 cm³/mol. The topological polar surface area (TPSA) is 71.1 Å². The van der Waals surface area contributed by atoms with Crippen LogP contribution in [0, 0.1) is 0 Å². The lowest BCUT2D eigenvalue weighted by atomic mass is 9.87. The van der Waals surface area contributed by atoms with Crippen molar-refractivity contribution in [1.82, 2.24) is 0 Å². The molecule has 6 heteroatoms. The third-order valence-corrected chi connectivity index (χ3v) is 3.46. The van der Waals surface area contributed by atoms with Crippen LogP contribution in [0.5, 0.6) is 11.5 Å². The fraction of sp³-hybridized carbons (Fsp3) is 0.500. The van der Waals surface area contributed by atoms with Crippen molar-refractivity contribution in [3.8, 4) is 11.5 Å². The first-order chi connectivity index (χ1) is 10.2. The minimum Gasteiger partial charge on any atom is -0.469 e. The van der Waals surface area contributed by atoms with Gasteiger partial charge in [-0.3, -0.25) is 4.79 Å². The summed E-state index contributed by atoms with van der Waals surface area (Å²) >= 11 is 0. The van der Waals surface area contributed by atoms with Crippen LogP contribution in [0.2, 0.25) is 0 Å². The molecule has 1 aromatic carbocycles. The average Bonchev–Trinajstić information content (AvgIpc) is 2.83. The molecule has 0 saturated carbocycles. The highest BCUT2D eigenvalue weighted by Gasteiger charge is 2.52. The molecule has 0 N–H and O–H groups in total. The van der Waals surface area contributed by atoms with Gasteiger partial charge in [0.25, 0.3) is 0 Å². The lowest BCUT2D eigenvalue weighted by Gasteiger charge is -2.23. The van der Waals surface area contributed by atoms with Gasteiger partial charge in [0.05, 0.1) is 14.2 Å². The van der Waals surface area contributed by atoms with E-state index in [0.717, 1.165) is 5.56 Å². The molecule has 22 heavy (non-hydrogen) atoms. The van der Waals surface area contributed by atoms with Gasteiger partial charge in [-0.15, -0.1) is 0 Å². The Kier molecular flexibility index (Phi) is 4.04. The second kappa shape index (κ2) is 5.51. The van der Waals surface area contributed by atoms with Crippen LogP contribution in [0.15, 0.2) is 18.2 Å². The van der Waals surface area contributed by atoms with Crippen molar-refractivity contribution in [1.29, 1.82) is 0 Å². The molecule has 0 saturated heterocycles. The molecular formula is C16H20O6. The van der Waals surface area contributed by atoms with Crippen LogP contribution in [-0.2, 0) is 24.5 Å². The summed E-state index contributed by atoms with van der Waals surface area (Å²) < 4.78 is 20.6. The molecule has 1 aromatic rings. The molecule has 0 amide bonds. The number of carbonyl (C=O) groups is 2. The summed E-state index contributed by atoms with van der Waals surface area (Å²) in [5.74, 6) is -2.45. The van der Waals surface area contributed by atoms with Crippen LogP contribution in [0.25, 0.3) is 0 Å². The fourth-order valence-corrected chi connectivity index (χ4v) is 2.16. The van der Waals surface area contributed by atoms with Gasteiger partial charge in [-0.1, -0.05) is 26.8 Å². The Balaban J connectivity index is 2.37. The molecule has 1 aliphatic rings. The summed E-state index contributed by atoms with van der Waals surface area (Å²) in [4.78, 5) is 23.6. The third kappa shape index (κ3) is 2.86. The van der Waals surface area contributed by atoms with Crippen LogP contribution >= 0.6 is 0 Å².